The van der Waals surface area contributed by atoms with Crippen molar-refractivity contribution in [2.24, 2.45) is 0 Å². The minimum absolute atomic E-state index is 0.00539. The second-order valence-corrected chi connectivity index (χ2v) is 9.02. The molecule has 4 rings (SSSR count). The first-order valence-electron chi connectivity index (χ1n) is 10.7. The number of thioether (sulfide) groups is 1. The van der Waals surface area contributed by atoms with Gasteiger partial charge in [-0.15, -0.1) is 11.8 Å². The Morgan fingerprint density at radius 1 is 1.19 bits per heavy atom. The van der Waals surface area contributed by atoms with Crippen LogP contribution < -0.4 is 5.32 Å². The highest BCUT2D eigenvalue weighted by Gasteiger charge is 2.30. The van der Waals surface area contributed by atoms with E-state index in [4.69, 9.17) is 4.74 Å². The number of hydrogen-bond acceptors (Lipinski definition) is 6. The summed E-state index contributed by atoms with van der Waals surface area (Å²) in [5, 5.41) is 2.52. The first kappa shape index (κ1) is 21.8. The molecular weight excluding hydrogens is 412 g/mol. The number of benzene rings is 1. The highest BCUT2D eigenvalue weighted by molar-refractivity contribution is 8.01. The van der Waals surface area contributed by atoms with Crippen LogP contribution in [0, 0.1) is 0 Å². The zero-order valence-corrected chi connectivity index (χ0v) is 18.4. The van der Waals surface area contributed by atoms with Crippen molar-refractivity contribution in [3.63, 3.8) is 0 Å². The van der Waals surface area contributed by atoms with Crippen LogP contribution in [0.4, 0.5) is 5.69 Å². The molecule has 0 radical (unpaired) electrons. The van der Waals surface area contributed by atoms with E-state index in [1.165, 1.54) is 11.8 Å². The van der Waals surface area contributed by atoms with Gasteiger partial charge in [-0.05, 0) is 36.2 Å². The van der Waals surface area contributed by atoms with Gasteiger partial charge < -0.3 is 15.0 Å². The number of aromatic nitrogens is 1. The number of carbonyl (C=O) groups is 2. The van der Waals surface area contributed by atoms with Crippen LogP contribution in [0.15, 0.2) is 53.7 Å². The van der Waals surface area contributed by atoms with E-state index in [1.807, 2.05) is 41.3 Å². The lowest BCUT2D eigenvalue weighted by Crippen LogP contribution is -2.40. The third kappa shape index (κ3) is 6.06. The number of para-hydroxylation sites is 1. The zero-order chi connectivity index (χ0) is 21.5. The summed E-state index contributed by atoms with van der Waals surface area (Å²) in [5.74, 6) is -0.0972. The number of ether oxygens (including phenoxy) is 1. The van der Waals surface area contributed by atoms with Crippen molar-refractivity contribution in [2.75, 3.05) is 44.7 Å². The van der Waals surface area contributed by atoms with Crippen molar-refractivity contribution in [1.29, 1.82) is 0 Å². The quantitative estimate of drug-likeness (QED) is 0.680. The average Bonchev–Trinajstić information content (AvgIpc) is 2.80. The summed E-state index contributed by atoms with van der Waals surface area (Å²) >= 11 is 1.47. The fourth-order valence-corrected chi connectivity index (χ4v) is 4.93. The Morgan fingerprint density at radius 2 is 1.97 bits per heavy atom. The van der Waals surface area contributed by atoms with Gasteiger partial charge in [-0.3, -0.25) is 19.5 Å². The van der Waals surface area contributed by atoms with Crippen LogP contribution in [-0.2, 0) is 20.9 Å². The maximum atomic E-state index is 13.2. The Kier molecular flexibility index (Phi) is 7.56. The van der Waals surface area contributed by atoms with Crippen LogP contribution >= 0.6 is 11.8 Å². The maximum absolute atomic E-state index is 13.2. The summed E-state index contributed by atoms with van der Waals surface area (Å²) in [7, 11) is 0. The maximum Gasteiger partial charge on any atom is 0.238 e. The number of nitrogens with zero attached hydrogens (tertiary/aromatic N) is 3. The summed E-state index contributed by atoms with van der Waals surface area (Å²) in [6.07, 6.45) is 4.57. The molecule has 8 heteroatoms. The van der Waals surface area contributed by atoms with E-state index < -0.39 is 5.25 Å². The van der Waals surface area contributed by atoms with E-state index in [-0.39, 0.29) is 18.2 Å². The van der Waals surface area contributed by atoms with Crippen molar-refractivity contribution in [3.8, 4) is 0 Å². The monoisotopic (exact) mass is 440 g/mol. The molecule has 0 saturated carbocycles. The molecule has 1 aromatic heterocycles. The predicted octanol–water partition coefficient (Wildman–Crippen LogP) is 2.64. The Balaban J connectivity index is 1.38. The van der Waals surface area contributed by atoms with Crippen molar-refractivity contribution >= 4 is 29.3 Å². The number of fused-ring (bicyclic) bond motifs is 1. The lowest BCUT2D eigenvalue weighted by Gasteiger charge is -2.30. The van der Waals surface area contributed by atoms with Gasteiger partial charge in [0.1, 0.15) is 0 Å². The first-order chi connectivity index (χ1) is 15.2. The van der Waals surface area contributed by atoms with E-state index >= 15 is 0 Å². The highest BCUT2D eigenvalue weighted by atomic mass is 32.2. The van der Waals surface area contributed by atoms with Crippen LogP contribution in [0.3, 0.4) is 0 Å². The molecule has 31 heavy (non-hydrogen) atoms. The lowest BCUT2D eigenvalue weighted by atomic mass is 10.2. The molecule has 1 fully saturated rings. The normalized spacial score (nSPS) is 18.8. The minimum atomic E-state index is -0.415. The SMILES string of the molecule is O=C1Nc2ccccc2SC1CC(=O)N(CCCN1CCOCC1)Cc1ccncc1. The van der Waals surface area contributed by atoms with Crippen LogP contribution in [0.1, 0.15) is 18.4 Å². The molecular formula is C23H28N4O3S. The number of morpholine rings is 1. The Morgan fingerprint density at radius 3 is 2.77 bits per heavy atom. The van der Waals surface area contributed by atoms with Crippen molar-refractivity contribution < 1.29 is 14.3 Å². The van der Waals surface area contributed by atoms with Gasteiger partial charge in [0, 0.05) is 56.4 Å². The number of nitrogens with one attached hydrogen (secondary N) is 1. The number of rotatable bonds is 8. The molecule has 0 bridgehead atoms. The molecule has 164 valence electrons. The summed E-state index contributed by atoms with van der Waals surface area (Å²) in [4.78, 5) is 35.1. The molecule has 1 N–H and O–H groups in total. The molecule has 2 aliphatic rings. The summed E-state index contributed by atoms with van der Waals surface area (Å²) in [6, 6.07) is 11.6. The van der Waals surface area contributed by atoms with Gasteiger partial charge in [-0.2, -0.15) is 0 Å². The van der Waals surface area contributed by atoms with Crippen LogP contribution in [0.2, 0.25) is 0 Å². The third-order valence-electron chi connectivity index (χ3n) is 5.55. The van der Waals surface area contributed by atoms with Crippen molar-refractivity contribution in [1.82, 2.24) is 14.8 Å². The summed E-state index contributed by atoms with van der Waals surface area (Å²) in [6.45, 7) is 5.56. The van der Waals surface area contributed by atoms with Gasteiger partial charge >= 0.3 is 0 Å². The Hall–Kier alpha value is -2.42. The average molecular weight is 441 g/mol. The molecule has 2 amide bonds. The molecule has 0 aliphatic carbocycles. The van der Waals surface area contributed by atoms with E-state index in [9.17, 15) is 9.59 Å². The van der Waals surface area contributed by atoms with Crippen molar-refractivity contribution in [3.05, 3.63) is 54.4 Å². The van der Waals surface area contributed by atoms with Gasteiger partial charge in [-0.1, -0.05) is 12.1 Å². The van der Waals surface area contributed by atoms with Gasteiger partial charge in [0.05, 0.1) is 24.2 Å². The van der Waals surface area contributed by atoms with E-state index in [2.05, 4.69) is 15.2 Å². The Bertz CT molecular complexity index is 889. The molecule has 2 aliphatic heterocycles. The van der Waals surface area contributed by atoms with Gasteiger partial charge in [0.15, 0.2) is 0 Å². The van der Waals surface area contributed by atoms with Crippen LogP contribution in [0.25, 0.3) is 0 Å². The standard InChI is InChI=1S/C23H28N4O3S/c28-22(16-21-23(29)25-19-4-1-2-5-20(19)31-21)27(17-18-6-8-24-9-7-18)11-3-10-26-12-14-30-15-13-26/h1-2,4-9,21H,3,10-17H2,(H,25,29). The first-order valence-corrected chi connectivity index (χ1v) is 11.6. The largest absolute Gasteiger partial charge is 0.379 e. The number of carbonyl (C=O) groups excluding carboxylic acids is 2. The molecule has 1 unspecified atom stereocenters. The number of hydrogen-bond donors (Lipinski definition) is 1. The molecule has 1 aromatic carbocycles. The smallest absolute Gasteiger partial charge is 0.238 e. The summed E-state index contributed by atoms with van der Waals surface area (Å²) < 4.78 is 5.41. The number of amides is 2. The molecule has 1 atom stereocenters. The fraction of sp³-hybridized carbons (Fsp3) is 0.435. The van der Waals surface area contributed by atoms with Crippen molar-refractivity contribution in [2.45, 2.75) is 29.5 Å². The lowest BCUT2D eigenvalue weighted by molar-refractivity contribution is -0.133. The molecule has 7 nitrogen and oxygen atoms in total. The van der Waals surface area contributed by atoms with E-state index in [0.717, 1.165) is 55.4 Å². The van der Waals surface area contributed by atoms with Gasteiger partial charge in [0.2, 0.25) is 11.8 Å². The van der Waals surface area contributed by atoms with Gasteiger partial charge in [-0.25, -0.2) is 0 Å². The minimum Gasteiger partial charge on any atom is -0.379 e. The second-order valence-electron chi connectivity index (χ2n) is 7.77. The number of pyridine rings is 1. The molecule has 3 heterocycles. The number of anilines is 1. The second kappa shape index (κ2) is 10.7. The van der Waals surface area contributed by atoms with Gasteiger partial charge in [0.25, 0.3) is 0 Å². The molecule has 0 spiro atoms. The zero-order valence-electron chi connectivity index (χ0n) is 17.5. The van der Waals surface area contributed by atoms with Crippen LogP contribution in [0.5, 0.6) is 0 Å². The predicted molar refractivity (Wildman–Crippen MR) is 121 cm³/mol. The molecule has 1 saturated heterocycles. The highest BCUT2D eigenvalue weighted by Crippen LogP contribution is 2.36. The van der Waals surface area contributed by atoms with E-state index in [0.29, 0.717) is 13.1 Å². The fourth-order valence-electron chi connectivity index (χ4n) is 3.83. The third-order valence-corrected chi connectivity index (χ3v) is 6.82. The van der Waals surface area contributed by atoms with E-state index in [1.54, 1.807) is 12.4 Å². The topological polar surface area (TPSA) is 74.8 Å². The summed E-state index contributed by atoms with van der Waals surface area (Å²) in [5.41, 5.74) is 1.86. The van der Waals surface area contributed by atoms with Crippen LogP contribution in [-0.4, -0.2) is 71.2 Å². The molecule has 2 aromatic rings. The Labute approximate surface area is 187 Å².